The minimum atomic E-state index is -0.844. The summed E-state index contributed by atoms with van der Waals surface area (Å²) < 4.78 is 5.50. The number of esters is 1. The van der Waals surface area contributed by atoms with Crippen molar-refractivity contribution in [3.8, 4) is 0 Å². The minimum Gasteiger partial charge on any atom is -0.466 e. The van der Waals surface area contributed by atoms with Crippen LogP contribution >= 0.6 is 0 Å². The van der Waals surface area contributed by atoms with E-state index in [-0.39, 0.29) is 18.5 Å². The third-order valence-corrected chi connectivity index (χ3v) is 16.2. The highest BCUT2D eigenvalue weighted by Gasteiger charge is 2.18. The predicted octanol–water partition coefficient (Wildman–Crippen LogP) is 22.1. The van der Waals surface area contributed by atoms with E-state index >= 15 is 0 Å². The molecular formula is C70H135NO5. The van der Waals surface area contributed by atoms with Crippen LogP contribution in [0.3, 0.4) is 0 Å². The third kappa shape index (κ3) is 61.6. The number of allylic oxidation sites excluding steroid dienone is 3. The first-order chi connectivity index (χ1) is 37.5. The molecule has 0 aromatic rings. The van der Waals surface area contributed by atoms with Crippen LogP contribution in [-0.2, 0) is 14.3 Å². The summed E-state index contributed by atoms with van der Waals surface area (Å²) in [6.45, 7) is 4.94. The first kappa shape index (κ1) is 74.3. The zero-order chi connectivity index (χ0) is 55.0. The van der Waals surface area contributed by atoms with Crippen LogP contribution in [0.4, 0.5) is 0 Å². The van der Waals surface area contributed by atoms with Gasteiger partial charge in [-0.2, -0.15) is 0 Å². The number of carbonyl (C=O) groups excluding carboxylic acids is 2. The van der Waals surface area contributed by atoms with Crippen LogP contribution < -0.4 is 5.32 Å². The van der Waals surface area contributed by atoms with E-state index in [2.05, 4.69) is 31.3 Å². The smallest absolute Gasteiger partial charge is 0.305 e. The lowest BCUT2D eigenvalue weighted by atomic mass is 10.0. The first-order valence-electron chi connectivity index (χ1n) is 34.6. The molecule has 0 bridgehead atoms. The van der Waals surface area contributed by atoms with Crippen LogP contribution in [-0.4, -0.2) is 47.4 Å². The molecule has 0 radical (unpaired) electrons. The molecule has 1 amide bonds. The average Bonchev–Trinajstić information content (AvgIpc) is 3.42. The molecule has 0 fully saturated rings. The van der Waals surface area contributed by atoms with Crippen LogP contribution in [0.1, 0.15) is 386 Å². The number of ether oxygens (including phenoxy) is 1. The maximum absolute atomic E-state index is 12.5. The summed E-state index contributed by atoms with van der Waals surface area (Å²) in [6.07, 6.45) is 82.5. The number of aliphatic hydroxyl groups excluding tert-OH is 2. The van der Waals surface area contributed by atoms with E-state index in [9.17, 15) is 19.8 Å². The molecule has 0 heterocycles. The van der Waals surface area contributed by atoms with E-state index in [1.165, 1.54) is 321 Å². The maximum Gasteiger partial charge on any atom is 0.305 e. The number of nitrogens with one attached hydrogen (secondary N) is 1. The highest BCUT2D eigenvalue weighted by Crippen LogP contribution is 2.18. The molecule has 0 aromatic carbocycles. The monoisotopic (exact) mass is 1070 g/mol. The molecular weight excluding hydrogens is 935 g/mol. The van der Waals surface area contributed by atoms with E-state index in [1.807, 2.05) is 6.08 Å². The summed E-state index contributed by atoms with van der Waals surface area (Å²) in [4.78, 5) is 24.6. The molecule has 0 saturated heterocycles. The maximum atomic E-state index is 12.5. The lowest BCUT2D eigenvalue weighted by molar-refractivity contribution is -0.143. The Balaban J connectivity index is 3.38. The van der Waals surface area contributed by atoms with Gasteiger partial charge in [0, 0.05) is 12.8 Å². The van der Waals surface area contributed by atoms with Crippen molar-refractivity contribution in [2.45, 2.75) is 398 Å². The lowest BCUT2D eigenvalue weighted by Gasteiger charge is -2.20. The van der Waals surface area contributed by atoms with E-state index in [0.717, 1.165) is 38.5 Å². The summed E-state index contributed by atoms with van der Waals surface area (Å²) >= 11 is 0. The molecule has 0 aliphatic carbocycles. The Bertz CT molecular complexity index is 1190. The van der Waals surface area contributed by atoms with Gasteiger partial charge in [0.25, 0.3) is 0 Å². The molecule has 0 aliphatic rings. The highest BCUT2D eigenvalue weighted by molar-refractivity contribution is 5.76. The molecule has 2 unspecified atom stereocenters. The van der Waals surface area contributed by atoms with Crippen molar-refractivity contribution in [1.29, 1.82) is 0 Å². The second-order valence-corrected chi connectivity index (χ2v) is 23.9. The molecule has 3 N–H and O–H groups in total. The zero-order valence-corrected chi connectivity index (χ0v) is 51.5. The Kier molecular flexibility index (Phi) is 64.4. The van der Waals surface area contributed by atoms with Crippen LogP contribution in [0, 0.1) is 0 Å². The minimum absolute atomic E-state index is 0.0193. The van der Waals surface area contributed by atoms with Gasteiger partial charge >= 0.3 is 5.97 Å². The van der Waals surface area contributed by atoms with E-state index < -0.39 is 12.1 Å². The second kappa shape index (κ2) is 65.9. The summed E-state index contributed by atoms with van der Waals surface area (Å²) in [5, 5.41) is 23.2. The van der Waals surface area contributed by atoms with Crippen LogP contribution in [0.2, 0.25) is 0 Å². The highest BCUT2D eigenvalue weighted by atomic mass is 16.5. The molecule has 0 aliphatic heterocycles. The molecule has 2 atom stereocenters. The van der Waals surface area contributed by atoms with Gasteiger partial charge in [-0.3, -0.25) is 9.59 Å². The number of aliphatic hydroxyl groups is 2. The molecule has 0 saturated carbocycles. The zero-order valence-electron chi connectivity index (χ0n) is 51.5. The van der Waals surface area contributed by atoms with Crippen molar-refractivity contribution in [1.82, 2.24) is 5.32 Å². The van der Waals surface area contributed by atoms with E-state index in [1.54, 1.807) is 6.08 Å². The van der Waals surface area contributed by atoms with E-state index in [4.69, 9.17) is 4.74 Å². The molecule has 450 valence electrons. The first-order valence-corrected chi connectivity index (χ1v) is 34.6. The van der Waals surface area contributed by atoms with Crippen LogP contribution in [0.5, 0.6) is 0 Å². The fraction of sp³-hybridized carbons (Fsp3) is 0.914. The predicted molar refractivity (Wildman–Crippen MR) is 333 cm³/mol. The van der Waals surface area contributed by atoms with Crippen molar-refractivity contribution in [3.63, 3.8) is 0 Å². The van der Waals surface area contributed by atoms with Crippen LogP contribution in [0.25, 0.3) is 0 Å². The van der Waals surface area contributed by atoms with Gasteiger partial charge in [-0.05, 0) is 57.8 Å². The van der Waals surface area contributed by atoms with Gasteiger partial charge in [0.1, 0.15) is 0 Å². The second-order valence-electron chi connectivity index (χ2n) is 23.9. The summed E-state index contributed by atoms with van der Waals surface area (Å²) in [6, 6.07) is -0.628. The van der Waals surface area contributed by atoms with Gasteiger partial charge in [-0.25, -0.2) is 0 Å². The number of unbranched alkanes of at least 4 members (excludes halogenated alkanes) is 52. The largest absolute Gasteiger partial charge is 0.466 e. The number of rotatable bonds is 65. The fourth-order valence-corrected chi connectivity index (χ4v) is 10.9. The Morgan fingerprint density at radius 1 is 0.355 bits per heavy atom. The third-order valence-electron chi connectivity index (χ3n) is 16.2. The summed E-state index contributed by atoms with van der Waals surface area (Å²) in [7, 11) is 0. The SMILES string of the molecule is CCCCCCCCCCCCCCC/C=C/C(O)C(CO)NC(=O)CCCCCCCCCCCCC/C=C\CCCCCCCCCCCCCCOC(=O)CCCCCCCCCCCCCCCCCCC. The Morgan fingerprint density at radius 3 is 0.934 bits per heavy atom. The topological polar surface area (TPSA) is 95.9 Å². The Morgan fingerprint density at radius 2 is 0.618 bits per heavy atom. The molecule has 6 heteroatoms. The summed E-state index contributed by atoms with van der Waals surface area (Å²) in [5.41, 5.74) is 0. The van der Waals surface area contributed by atoms with Gasteiger partial charge in [0.2, 0.25) is 5.91 Å². The standard InChI is InChI=1S/C70H135NO5/c1-3-5-7-9-11-13-15-17-19-31-36-40-44-48-52-56-60-64-70(75)76-65-61-57-53-49-45-41-37-33-30-28-26-24-22-20-21-23-25-27-29-32-35-39-43-47-51-55-59-63-69(74)71-67(66-72)68(73)62-58-54-50-46-42-38-34-18-16-14-12-10-8-6-4-2/h20-21,58,62,67-68,72-73H,3-19,22-57,59-61,63-66H2,1-2H3,(H,71,74)/b21-20-,62-58+. The lowest BCUT2D eigenvalue weighted by Crippen LogP contribution is -2.45. The molecule has 0 rings (SSSR count). The van der Waals surface area contributed by atoms with Crippen molar-refractivity contribution >= 4 is 11.9 Å². The van der Waals surface area contributed by atoms with Crippen molar-refractivity contribution in [2.24, 2.45) is 0 Å². The number of carbonyl (C=O) groups is 2. The molecule has 0 aromatic heterocycles. The number of hydrogen-bond donors (Lipinski definition) is 3. The quantitative estimate of drug-likeness (QED) is 0.0320. The van der Waals surface area contributed by atoms with Gasteiger partial charge in [-0.1, -0.05) is 340 Å². The van der Waals surface area contributed by atoms with Gasteiger partial charge < -0.3 is 20.3 Å². The normalized spacial score (nSPS) is 12.6. The Labute approximate surface area is 475 Å². The molecule has 76 heavy (non-hydrogen) atoms. The van der Waals surface area contributed by atoms with Crippen LogP contribution in [0.15, 0.2) is 24.3 Å². The van der Waals surface area contributed by atoms with Gasteiger partial charge in [-0.15, -0.1) is 0 Å². The fourth-order valence-electron chi connectivity index (χ4n) is 10.9. The number of hydrogen-bond acceptors (Lipinski definition) is 5. The van der Waals surface area contributed by atoms with Gasteiger partial charge in [0.15, 0.2) is 0 Å². The van der Waals surface area contributed by atoms with Gasteiger partial charge in [0.05, 0.1) is 25.4 Å². The average molecular weight is 1070 g/mol. The van der Waals surface area contributed by atoms with E-state index in [0.29, 0.717) is 19.4 Å². The Hall–Kier alpha value is -1.66. The van der Waals surface area contributed by atoms with Crippen molar-refractivity contribution in [2.75, 3.05) is 13.2 Å². The van der Waals surface area contributed by atoms with Crippen molar-refractivity contribution < 1.29 is 24.5 Å². The molecule has 6 nitrogen and oxygen atoms in total. The molecule has 0 spiro atoms. The summed E-state index contributed by atoms with van der Waals surface area (Å²) in [5.74, 6) is -0.0472. The van der Waals surface area contributed by atoms with Crippen molar-refractivity contribution in [3.05, 3.63) is 24.3 Å². The number of amides is 1.